The highest BCUT2D eigenvalue weighted by Gasteiger charge is 2.30. The Labute approximate surface area is 160 Å². The molecular formula is C15H19F3IN5O. The second-order valence-electron chi connectivity index (χ2n) is 5.26. The number of ether oxygens (including phenoxy) is 1. The minimum Gasteiger partial charge on any atom is -0.406 e. The monoisotopic (exact) mass is 469 g/mol. The third-order valence-electron chi connectivity index (χ3n) is 2.99. The van der Waals surface area contributed by atoms with E-state index in [0.29, 0.717) is 18.8 Å². The number of alkyl halides is 3. The lowest BCUT2D eigenvalue weighted by Crippen LogP contribution is -2.24. The molecule has 138 valence electrons. The summed E-state index contributed by atoms with van der Waals surface area (Å²) in [5.74, 6) is 0.121. The molecule has 0 aliphatic heterocycles. The average Bonchev–Trinajstić information content (AvgIpc) is 2.99. The predicted octanol–water partition coefficient (Wildman–Crippen LogP) is 3.46. The molecule has 0 radical (unpaired) electrons. The Morgan fingerprint density at radius 3 is 2.60 bits per heavy atom. The number of anilines is 1. The van der Waals surface area contributed by atoms with Gasteiger partial charge in [0.25, 0.3) is 0 Å². The van der Waals surface area contributed by atoms with Gasteiger partial charge in [-0.1, -0.05) is 6.92 Å². The Bertz CT molecular complexity index is 659. The van der Waals surface area contributed by atoms with Gasteiger partial charge in [-0.3, -0.25) is 9.67 Å². The lowest BCUT2D eigenvalue weighted by molar-refractivity contribution is -0.274. The fourth-order valence-electron chi connectivity index (χ4n) is 1.97. The Kier molecular flexibility index (Phi) is 8.00. The molecule has 2 rings (SSSR count). The van der Waals surface area contributed by atoms with Crippen LogP contribution in [0.5, 0.6) is 5.75 Å². The number of nitrogens with one attached hydrogen (secondary N) is 1. The van der Waals surface area contributed by atoms with Crippen LogP contribution in [0.4, 0.5) is 18.9 Å². The van der Waals surface area contributed by atoms with Gasteiger partial charge in [-0.2, -0.15) is 5.10 Å². The van der Waals surface area contributed by atoms with Crippen molar-refractivity contribution >= 4 is 35.6 Å². The summed E-state index contributed by atoms with van der Waals surface area (Å²) in [5.41, 5.74) is 6.29. The minimum atomic E-state index is -4.71. The smallest absolute Gasteiger partial charge is 0.406 e. The summed E-state index contributed by atoms with van der Waals surface area (Å²) in [6.45, 7) is 3.23. The van der Waals surface area contributed by atoms with Crippen molar-refractivity contribution in [2.24, 2.45) is 16.6 Å². The summed E-state index contributed by atoms with van der Waals surface area (Å²) in [6.07, 6.45) is -1.13. The maximum absolute atomic E-state index is 12.1. The van der Waals surface area contributed by atoms with E-state index >= 15 is 0 Å². The molecule has 10 heteroatoms. The van der Waals surface area contributed by atoms with E-state index in [1.807, 2.05) is 23.9 Å². The summed E-state index contributed by atoms with van der Waals surface area (Å²) in [4.78, 5) is 4.21. The van der Waals surface area contributed by atoms with Crippen LogP contribution in [0.15, 0.2) is 47.7 Å². The zero-order chi connectivity index (χ0) is 17.6. The number of benzene rings is 1. The first-order chi connectivity index (χ1) is 11.3. The van der Waals surface area contributed by atoms with E-state index in [2.05, 4.69) is 20.1 Å². The molecule has 0 bridgehead atoms. The number of guanidine groups is 1. The Balaban J connectivity index is 0.00000312. The lowest BCUT2D eigenvalue weighted by Gasteiger charge is -2.11. The number of rotatable bonds is 6. The van der Waals surface area contributed by atoms with Gasteiger partial charge in [-0.05, 0) is 36.2 Å². The zero-order valence-electron chi connectivity index (χ0n) is 13.4. The number of nitrogens with zero attached hydrogens (tertiary/aromatic N) is 3. The Morgan fingerprint density at radius 1 is 1.36 bits per heavy atom. The summed E-state index contributed by atoms with van der Waals surface area (Å²) in [5, 5.41) is 6.93. The molecule has 1 heterocycles. The minimum absolute atomic E-state index is 0. The number of nitrogens with two attached hydrogens (primary N) is 1. The molecule has 0 aliphatic rings. The zero-order valence-corrected chi connectivity index (χ0v) is 15.7. The fourth-order valence-corrected chi connectivity index (χ4v) is 1.97. The van der Waals surface area contributed by atoms with E-state index in [0.717, 1.165) is 0 Å². The number of halogens is 4. The maximum Gasteiger partial charge on any atom is 0.573 e. The first-order valence-corrected chi connectivity index (χ1v) is 7.22. The summed E-state index contributed by atoms with van der Waals surface area (Å²) in [7, 11) is 0. The van der Waals surface area contributed by atoms with Gasteiger partial charge in [0, 0.05) is 31.2 Å². The van der Waals surface area contributed by atoms with Crippen LogP contribution in [-0.2, 0) is 6.54 Å². The van der Waals surface area contributed by atoms with Gasteiger partial charge in [0.1, 0.15) is 5.75 Å². The molecule has 25 heavy (non-hydrogen) atoms. The van der Waals surface area contributed by atoms with Crippen molar-refractivity contribution < 1.29 is 17.9 Å². The number of aliphatic imine (C=N–C) groups is 1. The van der Waals surface area contributed by atoms with Crippen molar-refractivity contribution in [1.29, 1.82) is 0 Å². The van der Waals surface area contributed by atoms with Gasteiger partial charge in [-0.25, -0.2) is 0 Å². The van der Waals surface area contributed by atoms with E-state index < -0.39 is 6.36 Å². The largest absolute Gasteiger partial charge is 0.573 e. The van der Waals surface area contributed by atoms with Crippen LogP contribution < -0.4 is 15.8 Å². The fraction of sp³-hybridized carbons (Fsp3) is 0.333. The van der Waals surface area contributed by atoms with Crippen LogP contribution in [0, 0.1) is 5.92 Å². The molecule has 1 unspecified atom stereocenters. The van der Waals surface area contributed by atoms with Crippen LogP contribution in [-0.4, -0.2) is 28.6 Å². The highest BCUT2D eigenvalue weighted by atomic mass is 127. The van der Waals surface area contributed by atoms with Gasteiger partial charge in [-0.15, -0.1) is 37.1 Å². The van der Waals surface area contributed by atoms with Crippen LogP contribution >= 0.6 is 24.0 Å². The first-order valence-electron chi connectivity index (χ1n) is 7.22. The van der Waals surface area contributed by atoms with Crippen LogP contribution in [0.3, 0.4) is 0 Å². The molecule has 0 saturated heterocycles. The molecule has 0 saturated carbocycles. The van der Waals surface area contributed by atoms with Crippen LogP contribution in [0.2, 0.25) is 0 Å². The van der Waals surface area contributed by atoms with Gasteiger partial charge >= 0.3 is 6.36 Å². The summed E-state index contributed by atoms with van der Waals surface area (Å²) in [6, 6.07) is 7.10. The number of hydrogen-bond acceptors (Lipinski definition) is 3. The van der Waals surface area contributed by atoms with Gasteiger partial charge < -0.3 is 15.8 Å². The molecule has 1 aromatic carbocycles. The summed E-state index contributed by atoms with van der Waals surface area (Å²) >= 11 is 0. The summed E-state index contributed by atoms with van der Waals surface area (Å²) < 4.78 is 41.8. The molecule has 6 nitrogen and oxygen atoms in total. The van der Waals surface area contributed by atoms with Gasteiger partial charge in [0.2, 0.25) is 0 Å². The predicted molar refractivity (Wildman–Crippen MR) is 100 cm³/mol. The van der Waals surface area contributed by atoms with E-state index in [-0.39, 0.29) is 41.6 Å². The topological polar surface area (TPSA) is 77.5 Å². The first kappa shape index (κ1) is 21.1. The van der Waals surface area contributed by atoms with E-state index in [4.69, 9.17) is 5.73 Å². The third-order valence-corrected chi connectivity index (χ3v) is 2.99. The molecule has 0 spiro atoms. The second-order valence-corrected chi connectivity index (χ2v) is 5.26. The SMILES string of the molecule is CC(CN=C(N)Nc1ccc(OC(F)(F)F)cc1)Cn1cccn1.I. The molecular weight excluding hydrogens is 450 g/mol. The van der Waals surface area contributed by atoms with Crippen molar-refractivity contribution in [3.8, 4) is 5.75 Å². The lowest BCUT2D eigenvalue weighted by atomic mass is 10.2. The maximum atomic E-state index is 12.1. The van der Waals surface area contributed by atoms with Crippen molar-refractivity contribution in [2.45, 2.75) is 19.8 Å². The second kappa shape index (κ2) is 9.49. The van der Waals surface area contributed by atoms with Crippen molar-refractivity contribution in [2.75, 3.05) is 11.9 Å². The van der Waals surface area contributed by atoms with Gasteiger partial charge in [0.05, 0.1) is 0 Å². The van der Waals surface area contributed by atoms with Crippen molar-refractivity contribution in [3.05, 3.63) is 42.7 Å². The van der Waals surface area contributed by atoms with Crippen LogP contribution in [0.1, 0.15) is 6.92 Å². The Morgan fingerprint density at radius 2 is 2.04 bits per heavy atom. The van der Waals surface area contributed by atoms with Gasteiger partial charge in [0.15, 0.2) is 5.96 Å². The highest BCUT2D eigenvalue weighted by Crippen LogP contribution is 2.23. The average molecular weight is 469 g/mol. The quantitative estimate of drug-likeness (QED) is 0.386. The standard InChI is InChI=1S/C15H18F3N5O.HI/c1-11(10-23-8-2-7-21-23)9-20-14(19)22-12-3-5-13(6-4-12)24-15(16,17)18;/h2-8,11H,9-10H2,1H3,(H3,19,20,22);1H. The number of aromatic nitrogens is 2. The van der Waals surface area contributed by atoms with Crippen molar-refractivity contribution in [3.63, 3.8) is 0 Å². The normalized spacial score (nSPS) is 13.0. The Hall–Kier alpha value is -1.98. The van der Waals surface area contributed by atoms with E-state index in [1.54, 1.807) is 6.20 Å². The molecule has 3 N–H and O–H groups in total. The molecule has 0 aliphatic carbocycles. The third kappa shape index (κ3) is 8.09. The van der Waals surface area contributed by atoms with E-state index in [9.17, 15) is 13.2 Å². The van der Waals surface area contributed by atoms with Crippen molar-refractivity contribution in [1.82, 2.24) is 9.78 Å². The van der Waals surface area contributed by atoms with E-state index in [1.165, 1.54) is 24.3 Å². The van der Waals surface area contributed by atoms with Crippen LogP contribution in [0.25, 0.3) is 0 Å². The molecule has 1 aromatic heterocycles. The molecule has 0 fully saturated rings. The molecule has 0 amide bonds. The highest BCUT2D eigenvalue weighted by molar-refractivity contribution is 14.0. The molecule has 2 aromatic rings. The molecule has 1 atom stereocenters. The number of hydrogen-bond donors (Lipinski definition) is 2.